The summed E-state index contributed by atoms with van der Waals surface area (Å²) >= 11 is 0. The Balaban J connectivity index is -0.0000000886. The highest BCUT2D eigenvalue weighted by atomic mass is 16.4. The van der Waals surface area contributed by atoms with E-state index >= 15 is 0 Å². The lowest BCUT2D eigenvalue weighted by atomic mass is 10.5. The van der Waals surface area contributed by atoms with Crippen molar-refractivity contribution in [2.75, 3.05) is 26.3 Å². The van der Waals surface area contributed by atoms with Gasteiger partial charge in [-0.25, -0.2) is 0 Å². The highest BCUT2D eigenvalue weighted by Crippen LogP contribution is 1.33. The monoisotopic (exact) mass is 168 g/mol. The first-order valence-corrected chi connectivity index (χ1v) is 3.08. The number of rotatable bonds is 2. The van der Waals surface area contributed by atoms with Gasteiger partial charge in [0.05, 0.1) is 13.2 Å². The third-order valence-corrected chi connectivity index (χ3v) is 0.258. The predicted molar refractivity (Wildman–Crippen MR) is 43.9 cm³/mol. The lowest BCUT2D eigenvalue weighted by molar-refractivity contribution is 0.306. The molecule has 0 saturated carbocycles. The molecule has 0 aliphatic rings. The van der Waals surface area contributed by atoms with E-state index < -0.39 is 7.69 Å². The summed E-state index contributed by atoms with van der Waals surface area (Å²) in [7, 11) is -0.750. The van der Waals surface area contributed by atoms with E-state index in [1.54, 1.807) is 0 Å². The average molecular weight is 168 g/mol. The molecule has 70 valence electrons. The second-order valence-electron chi connectivity index (χ2n) is 1.17. The van der Waals surface area contributed by atoms with Crippen molar-refractivity contribution in [3.8, 4) is 0 Å². The van der Waals surface area contributed by atoms with Crippen molar-refractivity contribution in [2.45, 2.75) is 0 Å². The zero-order chi connectivity index (χ0) is 9.54. The van der Waals surface area contributed by atoms with Gasteiger partial charge in [-0.3, -0.25) is 0 Å². The van der Waals surface area contributed by atoms with Gasteiger partial charge in [0.1, 0.15) is 0 Å². The molecule has 0 fully saturated rings. The predicted octanol–water partition coefficient (Wildman–Crippen LogP) is -3.89. The van der Waals surface area contributed by atoms with Crippen LogP contribution in [0.1, 0.15) is 0 Å². The molecule has 6 nitrogen and oxygen atoms in total. The smallest absolute Gasteiger partial charge is 0.430 e. The summed E-state index contributed by atoms with van der Waals surface area (Å²) in [5.74, 6) is 0. The molecule has 0 aromatic carbocycles. The van der Waals surface area contributed by atoms with Gasteiger partial charge in [-0.2, -0.15) is 0 Å². The first-order valence-electron chi connectivity index (χ1n) is 3.08. The van der Waals surface area contributed by atoms with E-state index in [1.165, 1.54) is 0 Å². The minimum absolute atomic E-state index is 0.0972. The van der Waals surface area contributed by atoms with E-state index in [2.05, 4.69) is 0 Å². The Labute approximate surface area is 66.8 Å². The highest BCUT2D eigenvalue weighted by molar-refractivity contribution is 6.13. The molecule has 0 unspecified atom stereocenters. The molecule has 0 radical (unpaired) electrons. The Morgan fingerprint density at radius 1 is 0.909 bits per heavy atom. The summed E-state index contributed by atoms with van der Waals surface area (Å²) in [5.41, 5.74) is 9.56. The normalized spacial score (nSPS) is 6.73. The molecule has 0 bridgehead atoms. The molecule has 0 aliphatic carbocycles. The topological polar surface area (TPSA) is 133 Å². The number of aliphatic hydroxyl groups excluding tert-OH is 2. The Kier molecular flexibility index (Phi) is 51.0. The molecule has 7 heteroatoms. The van der Waals surface area contributed by atoms with Crippen molar-refractivity contribution < 1.29 is 20.3 Å². The fraction of sp³-hybridized carbons (Fsp3) is 1.00. The van der Waals surface area contributed by atoms with E-state index in [9.17, 15) is 0 Å². The Morgan fingerprint density at radius 2 is 1.00 bits per heavy atom. The Morgan fingerprint density at radius 3 is 1.00 bits per heavy atom. The van der Waals surface area contributed by atoms with Gasteiger partial charge in [-0.05, 0) is 0 Å². The summed E-state index contributed by atoms with van der Waals surface area (Å²) in [4.78, 5) is 0. The molecule has 0 aliphatic heterocycles. The van der Waals surface area contributed by atoms with Crippen LogP contribution in [0.2, 0.25) is 0 Å². The van der Waals surface area contributed by atoms with Crippen LogP contribution in [-0.4, -0.2) is 54.2 Å². The van der Waals surface area contributed by atoms with Gasteiger partial charge >= 0.3 is 7.69 Å². The molecule has 0 rings (SSSR count). The van der Waals surface area contributed by atoms with Crippen LogP contribution in [0.5, 0.6) is 0 Å². The first-order chi connectivity index (χ1) is 5.24. The van der Waals surface area contributed by atoms with Crippen LogP contribution in [-0.2, 0) is 0 Å². The Hall–Kier alpha value is -0.175. The minimum Gasteiger partial charge on any atom is -0.430 e. The van der Waals surface area contributed by atoms with Crippen molar-refractivity contribution in [1.82, 2.24) is 0 Å². The van der Waals surface area contributed by atoms with Crippen molar-refractivity contribution in [1.29, 1.82) is 0 Å². The fourth-order valence-electron chi connectivity index (χ4n) is 0. The largest absolute Gasteiger partial charge is 0.432 e. The van der Waals surface area contributed by atoms with Gasteiger partial charge in [-0.1, -0.05) is 0 Å². The van der Waals surface area contributed by atoms with Crippen LogP contribution >= 0.6 is 0 Å². The molecule has 0 spiro atoms. The number of hydrogen-bond acceptors (Lipinski definition) is 6. The lowest BCUT2D eigenvalue weighted by Crippen LogP contribution is -2.02. The molecule has 0 aromatic heterocycles. The number of nitrogens with two attached hydrogens (primary N) is 2. The van der Waals surface area contributed by atoms with Gasteiger partial charge < -0.3 is 31.7 Å². The third-order valence-electron chi connectivity index (χ3n) is 0.258. The summed E-state index contributed by atoms with van der Waals surface area (Å²) in [6, 6.07) is 0. The van der Waals surface area contributed by atoms with Crippen molar-refractivity contribution in [3.05, 3.63) is 0 Å². The molecule has 8 N–H and O–H groups in total. The summed E-state index contributed by atoms with van der Waals surface area (Å²) in [5, 5.41) is 29.8. The van der Waals surface area contributed by atoms with Gasteiger partial charge in [0.25, 0.3) is 0 Å². The number of hydrogen-bond donors (Lipinski definition) is 6. The summed E-state index contributed by atoms with van der Waals surface area (Å²) in [6.07, 6.45) is 0. The van der Waals surface area contributed by atoms with E-state index in [-0.39, 0.29) is 13.2 Å². The zero-order valence-electron chi connectivity index (χ0n) is 6.48. The zero-order valence-corrected chi connectivity index (χ0v) is 6.48. The van der Waals surface area contributed by atoms with Crippen molar-refractivity contribution >= 4 is 7.69 Å². The summed E-state index contributed by atoms with van der Waals surface area (Å²) < 4.78 is 0. The van der Waals surface area contributed by atoms with Crippen LogP contribution in [0.15, 0.2) is 0 Å². The van der Waals surface area contributed by atoms with E-state index in [4.69, 9.17) is 31.7 Å². The van der Waals surface area contributed by atoms with Gasteiger partial charge in [0.2, 0.25) is 0 Å². The minimum atomic E-state index is -0.750. The molecule has 0 heterocycles. The third kappa shape index (κ3) is 181. The standard InChI is InChI=1S/2C2H7NO.BH3O2/c2*3-1-2-4;2-1-3/h2*4H,1-3H2;1-3H. The van der Waals surface area contributed by atoms with E-state index in [0.29, 0.717) is 13.1 Å². The molecular formula is C4H17BN2O4. The summed E-state index contributed by atoms with van der Waals surface area (Å²) in [6.45, 7) is 0.944. The molecule has 11 heavy (non-hydrogen) atoms. The molecular weight excluding hydrogens is 151 g/mol. The second-order valence-corrected chi connectivity index (χ2v) is 1.17. The average Bonchev–Trinajstić information content (AvgIpc) is 2.06. The van der Waals surface area contributed by atoms with Crippen LogP contribution in [0.25, 0.3) is 0 Å². The molecule has 0 amide bonds. The Bertz CT molecular complexity index is 35.3. The molecule has 0 aromatic rings. The maximum absolute atomic E-state index is 7.75. The van der Waals surface area contributed by atoms with Gasteiger partial charge in [0, 0.05) is 13.1 Å². The molecule has 0 saturated heterocycles. The van der Waals surface area contributed by atoms with Crippen LogP contribution in [0.4, 0.5) is 0 Å². The SMILES string of the molecule is NCCO.NCCO.OBO. The number of aliphatic hydroxyl groups is 2. The first kappa shape index (κ1) is 17.1. The van der Waals surface area contributed by atoms with E-state index in [1.807, 2.05) is 0 Å². The van der Waals surface area contributed by atoms with Crippen molar-refractivity contribution in [2.24, 2.45) is 11.5 Å². The lowest BCUT2D eigenvalue weighted by Gasteiger charge is -1.71. The second kappa shape index (κ2) is 32.9. The van der Waals surface area contributed by atoms with Crippen LogP contribution < -0.4 is 11.5 Å². The maximum atomic E-state index is 7.75. The fourth-order valence-corrected chi connectivity index (χ4v) is 0. The highest BCUT2D eigenvalue weighted by Gasteiger charge is 1.56. The van der Waals surface area contributed by atoms with Crippen LogP contribution in [0, 0.1) is 0 Å². The quantitative estimate of drug-likeness (QED) is 0.233. The van der Waals surface area contributed by atoms with E-state index in [0.717, 1.165) is 0 Å². The van der Waals surface area contributed by atoms with Crippen molar-refractivity contribution in [3.63, 3.8) is 0 Å². The van der Waals surface area contributed by atoms with Gasteiger partial charge in [0.15, 0.2) is 0 Å². The van der Waals surface area contributed by atoms with Crippen LogP contribution in [0.3, 0.4) is 0 Å². The molecule has 0 atom stereocenters. The van der Waals surface area contributed by atoms with Gasteiger partial charge in [-0.15, -0.1) is 0 Å². The maximum Gasteiger partial charge on any atom is 0.432 e.